The Labute approximate surface area is 198 Å². The number of allylic oxidation sites excluding steroid dienone is 1. The Kier molecular flexibility index (Phi) is 4.66. The van der Waals surface area contributed by atoms with Crippen molar-refractivity contribution in [3.63, 3.8) is 0 Å². The fraction of sp³-hybridized carbons (Fsp3) is 0.250. The van der Waals surface area contributed by atoms with Crippen LogP contribution in [0.3, 0.4) is 0 Å². The number of carbonyl (C=O) groups is 3. The van der Waals surface area contributed by atoms with Gasteiger partial charge < -0.3 is 9.47 Å². The zero-order valence-corrected chi connectivity index (χ0v) is 18.1. The lowest BCUT2D eigenvalue weighted by atomic mass is 9.86. The van der Waals surface area contributed by atoms with Gasteiger partial charge in [-0.25, -0.2) is 4.90 Å². The Morgan fingerprint density at radius 1 is 1.03 bits per heavy atom. The van der Waals surface area contributed by atoms with E-state index in [0.717, 1.165) is 4.90 Å². The lowest BCUT2D eigenvalue weighted by Gasteiger charge is -2.30. The van der Waals surface area contributed by atoms with E-state index in [1.165, 1.54) is 35.5 Å². The van der Waals surface area contributed by atoms with Gasteiger partial charge in [-0.1, -0.05) is 18.2 Å². The average molecular weight is 474 g/mol. The highest BCUT2D eigenvalue weighted by atomic mass is 16.6. The van der Waals surface area contributed by atoms with Crippen molar-refractivity contribution in [3.05, 3.63) is 70.3 Å². The zero-order chi connectivity index (χ0) is 24.3. The predicted molar refractivity (Wildman–Crippen MR) is 121 cm³/mol. The molecule has 6 rings (SSSR count). The van der Waals surface area contributed by atoms with Gasteiger partial charge in [0, 0.05) is 30.0 Å². The van der Waals surface area contributed by atoms with Crippen LogP contribution in [0.5, 0.6) is 11.5 Å². The number of hydrogen-bond donors (Lipinski definition) is 0. The largest absolute Gasteiger partial charge is 0.486 e. The van der Waals surface area contributed by atoms with Gasteiger partial charge in [0.15, 0.2) is 17.3 Å². The fourth-order valence-electron chi connectivity index (χ4n) is 5.21. The Balaban J connectivity index is 1.40. The molecule has 0 aromatic heterocycles. The van der Waals surface area contributed by atoms with Crippen LogP contribution in [0.4, 0.5) is 11.4 Å². The van der Waals surface area contributed by atoms with Crippen molar-refractivity contribution in [2.24, 2.45) is 16.9 Å². The minimum Gasteiger partial charge on any atom is -0.486 e. The standard InChI is InChI=1S/C24H18N4O7/c29-22(13-3-1-4-15(11-13)28(32)33)21-20-19(16-5-2-8-25-27(16)21)23(30)26(24(20)31)14-6-7-17-18(12-14)35-10-9-34-17/h1-8,11-12,16,19-21H,9-10H2/t16-,19-,20+,21-/m0/s1. The van der Waals surface area contributed by atoms with E-state index in [-0.39, 0.29) is 11.3 Å². The van der Waals surface area contributed by atoms with E-state index in [9.17, 15) is 24.5 Å². The molecule has 0 bridgehead atoms. The monoisotopic (exact) mass is 474 g/mol. The summed E-state index contributed by atoms with van der Waals surface area (Å²) in [6, 6.07) is 8.47. The van der Waals surface area contributed by atoms with E-state index in [1.807, 2.05) is 0 Å². The van der Waals surface area contributed by atoms with Crippen molar-refractivity contribution in [1.29, 1.82) is 0 Å². The number of benzene rings is 2. The Hall–Kier alpha value is -4.54. The molecule has 2 aromatic rings. The number of rotatable bonds is 4. The summed E-state index contributed by atoms with van der Waals surface area (Å²) < 4.78 is 11.1. The molecule has 4 aliphatic heterocycles. The number of nitrogens with zero attached hydrogens (tertiary/aromatic N) is 4. The smallest absolute Gasteiger partial charge is 0.270 e. The molecule has 0 unspecified atom stereocenters. The third kappa shape index (κ3) is 3.11. The van der Waals surface area contributed by atoms with Crippen LogP contribution < -0.4 is 14.4 Å². The van der Waals surface area contributed by atoms with E-state index in [1.54, 1.807) is 30.4 Å². The van der Waals surface area contributed by atoms with Crippen LogP contribution in [0.25, 0.3) is 0 Å². The van der Waals surface area contributed by atoms with Crippen LogP contribution in [0.2, 0.25) is 0 Å². The normalized spacial score (nSPS) is 26.1. The molecule has 35 heavy (non-hydrogen) atoms. The van der Waals surface area contributed by atoms with Gasteiger partial charge in [-0.15, -0.1) is 0 Å². The van der Waals surface area contributed by atoms with Crippen molar-refractivity contribution in [2.45, 2.75) is 12.1 Å². The van der Waals surface area contributed by atoms with Crippen molar-refractivity contribution < 1.29 is 28.8 Å². The second kappa shape index (κ2) is 7.76. The van der Waals surface area contributed by atoms with E-state index in [0.29, 0.717) is 30.4 Å². The maximum absolute atomic E-state index is 13.7. The summed E-state index contributed by atoms with van der Waals surface area (Å²) >= 11 is 0. The molecule has 2 fully saturated rings. The molecule has 4 aliphatic rings. The van der Waals surface area contributed by atoms with Crippen molar-refractivity contribution in [2.75, 3.05) is 18.1 Å². The number of imide groups is 1. The first kappa shape index (κ1) is 21.0. The van der Waals surface area contributed by atoms with E-state index in [4.69, 9.17) is 9.47 Å². The van der Waals surface area contributed by atoms with Gasteiger partial charge >= 0.3 is 0 Å². The maximum Gasteiger partial charge on any atom is 0.270 e. The molecule has 0 aliphatic carbocycles. The molecule has 0 radical (unpaired) electrons. The summed E-state index contributed by atoms with van der Waals surface area (Å²) in [7, 11) is 0. The van der Waals surface area contributed by atoms with Gasteiger partial charge in [-0.05, 0) is 18.2 Å². The van der Waals surface area contributed by atoms with Crippen molar-refractivity contribution in [3.8, 4) is 11.5 Å². The molecule has 176 valence electrons. The first-order valence-electron chi connectivity index (χ1n) is 11.0. The molecule has 2 saturated heterocycles. The van der Waals surface area contributed by atoms with Crippen LogP contribution in [0.15, 0.2) is 59.7 Å². The van der Waals surface area contributed by atoms with Crippen LogP contribution in [-0.4, -0.2) is 59.0 Å². The molecule has 11 nitrogen and oxygen atoms in total. The van der Waals surface area contributed by atoms with Crippen molar-refractivity contribution in [1.82, 2.24) is 5.01 Å². The summed E-state index contributed by atoms with van der Waals surface area (Å²) in [4.78, 5) is 52.6. The highest BCUT2D eigenvalue weighted by Crippen LogP contribution is 2.47. The summed E-state index contributed by atoms with van der Waals surface area (Å²) in [5.41, 5.74) is 0.164. The first-order chi connectivity index (χ1) is 17.0. The van der Waals surface area contributed by atoms with Crippen LogP contribution in [-0.2, 0) is 9.59 Å². The molecule has 0 N–H and O–H groups in total. The lowest BCUT2D eigenvalue weighted by molar-refractivity contribution is -0.384. The molecule has 4 atom stereocenters. The van der Waals surface area contributed by atoms with Crippen LogP contribution in [0, 0.1) is 22.0 Å². The Morgan fingerprint density at radius 2 is 1.80 bits per heavy atom. The highest BCUT2D eigenvalue weighted by molar-refractivity contribution is 6.24. The minimum atomic E-state index is -1.09. The molecular formula is C24H18N4O7. The topological polar surface area (TPSA) is 132 Å². The number of hydrazone groups is 1. The Morgan fingerprint density at radius 3 is 2.60 bits per heavy atom. The summed E-state index contributed by atoms with van der Waals surface area (Å²) in [5, 5.41) is 17.0. The van der Waals surface area contributed by atoms with Crippen LogP contribution in [0.1, 0.15) is 10.4 Å². The van der Waals surface area contributed by atoms with Crippen LogP contribution >= 0.6 is 0 Å². The molecule has 0 spiro atoms. The lowest BCUT2D eigenvalue weighted by Crippen LogP contribution is -2.46. The van der Waals surface area contributed by atoms with E-state index >= 15 is 0 Å². The van der Waals surface area contributed by atoms with Gasteiger partial charge in [0.05, 0.1) is 28.5 Å². The number of carbonyl (C=O) groups excluding carboxylic acids is 3. The van der Waals surface area contributed by atoms with Gasteiger partial charge in [0.25, 0.3) is 5.69 Å². The molecular weight excluding hydrogens is 456 g/mol. The van der Waals surface area contributed by atoms with Gasteiger partial charge in [0.2, 0.25) is 11.8 Å². The maximum atomic E-state index is 13.7. The number of ketones is 1. The number of ether oxygens (including phenoxy) is 2. The van der Waals surface area contributed by atoms with E-state index < -0.39 is 46.4 Å². The number of fused-ring (bicyclic) bond motifs is 4. The third-order valence-corrected chi connectivity index (χ3v) is 6.68. The quantitative estimate of drug-likeness (QED) is 0.284. The number of amides is 2. The Bertz CT molecular complexity index is 1350. The van der Waals surface area contributed by atoms with Gasteiger partial charge in [-0.2, -0.15) is 5.10 Å². The number of nitro groups is 1. The molecule has 0 saturated carbocycles. The average Bonchev–Trinajstić information content (AvgIpc) is 3.35. The third-order valence-electron chi connectivity index (χ3n) is 6.68. The molecule has 11 heteroatoms. The number of hydrogen-bond acceptors (Lipinski definition) is 9. The number of anilines is 1. The molecule has 4 heterocycles. The van der Waals surface area contributed by atoms with Gasteiger partial charge in [0.1, 0.15) is 19.3 Å². The highest BCUT2D eigenvalue weighted by Gasteiger charge is 2.64. The molecule has 2 aromatic carbocycles. The summed E-state index contributed by atoms with van der Waals surface area (Å²) in [6.07, 6.45) is 4.89. The number of nitro benzene ring substituents is 1. The minimum absolute atomic E-state index is 0.0754. The van der Waals surface area contributed by atoms with Gasteiger partial charge in [-0.3, -0.25) is 29.5 Å². The summed E-state index contributed by atoms with van der Waals surface area (Å²) in [6.45, 7) is 0.757. The first-order valence-corrected chi connectivity index (χ1v) is 11.0. The second-order valence-corrected chi connectivity index (χ2v) is 8.53. The van der Waals surface area contributed by atoms with Crippen molar-refractivity contribution >= 4 is 35.2 Å². The number of non-ortho nitro benzene ring substituents is 1. The number of Topliss-reactive ketones (excluding diaryl/α,β-unsaturated/α-hetero) is 1. The summed E-state index contributed by atoms with van der Waals surface area (Å²) in [5.74, 6) is -2.37. The second-order valence-electron chi connectivity index (χ2n) is 8.53. The fourth-order valence-corrected chi connectivity index (χ4v) is 5.21. The zero-order valence-electron chi connectivity index (χ0n) is 18.1. The predicted octanol–water partition coefficient (Wildman–Crippen LogP) is 1.96. The SMILES string of the molecule is O=C(c1cccc([N+](=O)[O-])c1)[C@@H]1[C@@H]2C(=O)N(c3ccc4c(c3)OCCO4)C(=O)[C@H]2[C@@H]2C=CC=NN12. The van der Waals surface area contributed by atoms with E-state index in [2.05, 4.69) is 5.10 Å². The molecule has 2 amide bonds.